The number of hydrogen-bond acceptors (Lipinski definition) is 3. The number of nitrogens with zero attached hydrogens (tertiary/aromatic N) is 2. The smallest absolute Gasteiger partial charge is 0.0734 e. The molecule has 0 aliphatic rings. The maximum Gasteiger partial charge on any atom is 0.0734 e. The molecule has 1 aromatic carbocycles. The molecule has 64 valence electrons. The van der Waals surface area contributed by atoms with Crippen molar-refractivity contribution in [2.75, 3.05) is 0 Å². The zero-order valence-electron chi connectivity index (χ0n) is 6.88. The van der Waals surface area contributed by atoms with E-state index in [-0.39, 0.29) is 0 Å². The van der Waals surface area contributed by atoms with Crippen LogP contribution in [0.25, 0.3) is 10.9 Å². The number of benzene rings is 1. The van der Waals surface area contributed by atoms with Gasteiger partial charge in [-0.2, -0.15) is 0 Å². The van der Waals surface area contributed by atoms with Crippen LogP contribution < -0.4 is 0 Å². The third-order valence-electron chi connectivity index (χ3n) is 1.83. The van der Waals surface area contributed by atoms with E-state index in [1.165, 1.54) is 6.21 Å². The molecule has 3 heteroatoms. The zero-order valence-corrected chi connectivity index (χ0v) is 6.88. The average Bonchev–Trinajstić information content (AvgIpc) is 2.18. The molecular weight excluding hydrogens is 164 g/mol. The molecule has 3 nitrogen and oxygen atoms in total. The van der Waals surface area contributed by atoms with E-state index >= 15 is 0 Å². The Hall–Kier alpha value is -1.90. The lowest BCUT2D eigenvalue weighted by atomic mass is 10.1. The summed E-state index contributed by atoms with van der Waals surface area (Å²) in [5, 5.41) is 12.4. The Morgan fingerprint density at radius 3 is 3.08 bits per heavy atom. The molecule has 0 aliphatic carbocycles. The van der Waals surface area contributed by atoms with Gasteiger partial charge in [0, 0.05) is 11.6 Å². The van der Waals surface area contributed by atoms with Gasteiger partial charge in [-0.15, -0.1) is 0 Å². The second-order valence-corrected chi connectivity index (χ2v) is 2.70. The summed E-state index contributed by atoms with van der Waals surface area (Å²) in [4.78, 5) is 4.18. The highest BCUT2D eigenvalue weighted by atomic mass is 16.4. The third-order valence-corrected chi connectivity index (χ3v) is 1.83. The quantitative estimate of drug-likeness (QED) is 0.406. The van der Waals surface area contributed by atoms with Crippen molar-refractivity contribution in [1.82, 2.24) is 4.98 Å². The standard InChI is InChI=1S/C10H8N2O/c13-12-7-8-3-4-10-9(6-8)2-1-5-11-10/h1-7,13H/b12-7-. The Morgan fingerprint density at radius 2 is 2.23 bits per heavy atom. The first-order valence-electron chi connectivity index (χ1n) is 3.92. The van der Waals surface area contributed by atoms with Crippen molar-refractivity contribution in [3.05, 3.63) is 42.1 Å². The SMILES string of the molecule is O/N=C\c1ccc2ncccc2c1. The summed E-state index contributed by atoms with van der Waals surface area (Å²) in [7, 11) is 0. The van der Waals surface area contributed by atoms with Gasteiger partial charge in [-0.25, -0.2) is 0 Å². The second kappa shape index (κ2) is 3.23. The number of hydrogen-bond donors (Lipinski definition) is 1. The van der Waals surface area contributed by atoms with E-state index in [2.05, 4.69) is 10.1 Å². The lowest BCUT2D eigenvalue weighted by molar-refractivity contribution is 0.322. The number of pyridine rings is 1. The molecule has 1 aromatic heterocycles. The van der Waals surface area contributed by atoms with Crippen molar-refractivity contribution >= 4 is 17.1 Å². The van der Waals surface area contributed by atoms with Gasteiger partial charge >= 0.3 is 0 Å². The van der Waals surface area contributed by atoms with Gasteiger partial charge in [0.2, 0.25) is 0 Å². The monoisotopic (exact) mass is 172 g/mol. The minimum absolute atomic E-state index is 0.864. The topological polar surface area (TPSA) is 45.5 Å². The molecule has 0 amide bonds. The normalized spacial score (nSPS) is 11.1. The molecule has 1 N–H and O–H groups in total. The molecule has 0 aliphatic heterocycles. The summed E-state index contributed by atoms with van der Waals surface area (Å²) in [6.07, 6.45) is 3.15. The first kappa shape index (κ1) is 7.73. The van der Waals surface area contributed by atoms with Crippen LogP contribution in [0.15, 0.2) is 41.7 Å². The van der Waals surface area contributed by atoms with Crippen molar-refractivity contribution in [3.63, 3.8) is 0 Å². The Kier molecular flexibility index (Phi) is 1.92. The van der Waals surface area contributed by atoms with E-state index in [9.17, 15) is 0 Å². The van der Waals surface area contributed by atoms with Crippen molar-refractivity contribution in [1.29, 1.82) is 0 Å². The van der Waals surface area contributed by atoms with E-state index in [4.69, 9.17) is 5.21 Å². The predicted molar refractivity (Wildman–Crippen MR) is 51.1 cm³/mol. The minimum Gasteiger partial charge on any atom is -0.411 e. The molecule has 0 spiro atoms. The minimum atomic E-state index is 0.864. The fraction of sp³-hybridized carbons (Fsp3) is 0. The van der Waals surface area contributed by atoms with Gasteiger partial charge in [0.05, 0.1) is 11.7 Å². The highest BCUT2D eigenvalue weighted by Crippen LogP contribution is 2.11. The van der Waals surface area contributed by atoms with Crippen molar-refractivity contribution in [2.24, 2.45) is 5.16 Å². The Balaban J connectivity index is 2.62. The summed E-state index contributed by atoms with van der Waals surface area (Å²) in [5.74, 6) is 0. The zero-order chi connectivity index (χ0) is 9.10. The molecule has 0 saturated heterocycles. The van der Waals surface area contributed by atoms with Crippen LogP contribution >= 0.6 is 0 Å². The fourth-order valence-corrected chi connectivity index (χ4v) is 1.24. The Bertz CT molecular complexity index is 451. The summed E-state index contributed by atoms with van der Waals surface area (Å²) in [6.45, 7) is 0. The van der Waals surface area contributed by atoms with E-state index in [1.54, 1.807) is 6.20 Å². The molecule has 0 unspecified atom stereocenters. The van der Waals surface area contributed by atoms with Gasteiger partial charge in [-0.3, -0.25) is 4.98 Å². The molecule has 0 radical (unpaired) electrons. The highest BCUT2D eigenvalue weighted by molar-refractivity contribution is 5.88. The van der Waals surface area contributed by atoms with Crippen LogP contribution in [0.2, 0.25) is 0 Å². The number of fused-ring (bicyclic) bond motifs is 1. The van der Waals surface area contributed by atoms with Gasteiger partial charge < -0.3 is 5.21 Å². The Labute approximate surface area is 75.3 Å². The lowest BCUT2D eigenvalue weighted by Crippen LogP contribution is -1.82. The number of aromatic nitrogens is 1. The molecule has 0 fully saturated rings. The lowest BCUT2D eigenvalue weighted by Gasteiger charge is -1.96. The predicted octanol–water partition coefficient (Wildman–Crippen LogP) is 2.04. The third kappa shape index (κ3) is 1.49. The second-order valence-electron chi connectivity index (χ2n) is 2.70. The van der Waals surface area contributed by atoms with Crippen LogP contribution in [0.1, 0.15) is 5.56 Å². The van der Waals surface area contributed by atoms with Gasteiger partial charge in [-0.05, 0) is 23.8 Å². The summed E-state index contributed by atoms with van der Waals surface area (Å²) >= 11 is 0. The van der Waals surface area contributed by atoms with Crippen molar-refractivity contribution in [3.8, 4) is 0 Å². The van der Waals surface area contributed by atoms with Crippen LogP contribution in [0.5, 0.6) is 0 Å². The first-order chi connectivity index (χ1) is 6.40. The van der Waals surface area contributed by atoms with Crippen molar-refractivity contribution < 1.29 is 5.21 Å². The molecule has 0 bridgehead atoms. The summed E-state index contributed by atoms with van der Waals surface area (Å²) < 4.78 is 0. The van der Waals surface area contributed by atoms with Crippen LogP contribution in [0.4, 0.5) is 0 Å². The van der Waals surface area contributed by atoms with E-state index < -0.39 is 0 Å². The average molecular weight is 172 g/mol. The van der Waals surface area contributed by atoms with E-state index in [0.717, 1.165) is 16.5 Å². The fourth-order valence-electron chi connectivity index (χ4n) is 1.24. The largest absolute Gasteiger partial charge is 0.411 e. The molecule has 13 heavy (non-hydrogen) atoms. The van der Waals surface area contributed by atoms with Gasteiger partial charge in [0.25, 0.3) is 0 Å². The molecular formula is C10H8N2O. The van der Waals surface area contributed by atoms with Gasteiger partial charge in [0.15, 0.2) is 0 Å². The number of rotatable bonds is 1. The van der Waals surface area contributed by atoms with E-state index in [0.29, 0.717) is 0 Å². The van der Waals surface area contributed by atoms with Gasteiger partial charge in [-0.1, -0.05) is 17.3 Å². The van der Waals surface area contributed by atoms with E-state index in [1.807, 2.05) is 30.3 Å². The molecule has 0 saturated carbocycles. The molecule has 2 rings (SSSR count). The van der Waals surface area contributed by atoms with Crippen molar-refractivity contribution in [2.45, 2.75) is 0 Å². The Morgan fingerprint density at radius 1 is 1.31 bits per heavy atom. The summed E-state index contributed by atoms with van der Waals surface area (Å²) in [5.41, 5.74) is 1.81. The number of oxime groups is 1. The summed E-state index contributed by atoms with van der Waals surface area (Å²) in [6, 6.07) is 9.52. The van der Waals surface area contributed by atoms with Crippen LogP contribution in [-0.4, -0.2) is 16.4 Å². The molecule has 0 atom stereocenters. The maximum atomic E-state index is 8.35. The van der Waals surface area contributed by atoms with Crippen LogP contribution in [0.3, 0.4) is 0 Å². The van der Waals surface area contributed by atoms with Gasteiger partial charge in [0.1, 0.15) is 0 Å². The first-order valence-corrected chi connectivity index (χ1v) is 3.92. The van der Waals surface area contributed by atoms with Crippen LogP contribution in [-0.2, 0) is 0 Å². The highest BCUT2D eigenvalue weighted by Gasteiger charge is 1.93. The molecule has 1 heterocycles. The maximum absolute atomic E-state index is 8.35. The van der Waals surface area contributed by atoms with Crippen LogP contribution in [0, 0.1) is 0 Å². The molecule has 2 aromatic rings.